The van der Waals surface area contributed by atoms with E-state index in [0.29, 0.717) is 5.82 Å². The van der Waals surface area contributed by atoms with Gasteiger partial charge < -0.3 is 4.74 Å². The largest absolute Gasteiger partial charge is 0.456 e. The van der Waals surface area contributed by atoms with E-state index in [-0.39, 0.29) is 0 Å². The van der Waals surface area contributed by atoms with Crippen molar-refractivity contribution in [3.63, 3.8) is 0 Å². The van der Waals surface area contributed by atoms with E-state index < -0.39 is 5.41 Å². The summed E-state index contributed by atoms with van der Waals surface area (Å²) in [7, 11) is 0. The highest BCUT2D eigenvalue weighted by atomic mass is 16.5. The molecule has 8 aromatic rings. The first-order valence-electron chi connectivity index (χ1n) is 18.7. The van der Waals surface area contributed by atoms with Crippen molar-refractivity contribution in [1.29, 1.82) is 0 Å². The molecule has 2 heterocycles. The summed E-state index contributed by atoms with van der Waals surface area (Å²) in [6.45, 7) is 0. The van der Waals surface area contributed by atoms with Crippen LogP contribution >= 0.6 is 0 Å². The summed E-state index contributed by atoms with van der Waals surface area (Å²) in [6, 6.07) is 60.3. The second-order valence-corrected chi connectivity index (χ2v) is 14.3. The van der Waals surface area contributed by atoms with Crippen LogP contribution in [-0.2, 0) is 5.41 Å². The lowest BCUT2D eigenvalue weighted by molar-refractivity contribution is 0.433. The van der Waals surface area contributed by atoms with Gasteiger partial charge in [0, 0.05) is 33.4 Å². The molecule has 11 rings (SSSR count). The van der Waals surface area contributed by atoms with Crippen LogP contribution in [-0.4, -0.2) is 9.97 Å². The molecule has 3 aliphatic rings. The average molecular weight is 691 g/mol. The molecule has 1 atom stereocenters. The van der Waals surface area contributed by atoms with E-state index in [1.54, 1.807) is 0 Å². The normalized spacial score (nSPS) is 16.4. The number of fused-ring (bicyclic) bond motifs is 9. The molecule has 1 aromatic heterocycles. The standard InChI is InChI=1S/C51H34N2O/c1-3-17-34(18-4-1)45-32-46(35-19-5-2-6-20-35)53-50(52-45)48-36-21-8-7-16-33(36)30-31-39(48)40-24-15-28-44-49(40)54-47-29-14-13-27-43(47)51(44)41-25-11-9-22-37(41)38-23-10-12-26-42(38)51/h1-11,13-25,27-32H,12,26H2. The van der Waals surface area contributed by atoms with Gasteiger partial charge >= 0.3 is 0 Å². The van der Waals surface area contributed by atoms with Crippen LogP contribution in [0.5, 0.6) is 11.5 Å². The van der Waals surface area contributed by atoms with Crippen molar-refractivity contribution in [3.05, 3.63) is 210 Å². The summed E-state index contributed by atoms with van der Waals surface area (Å²) < 4.78 is 7.15. The first-order chi connectivity index (χ1) is 26.8. The Morgan fingerprint density at radius 3 is 1.96 bits per heavy atom. The lowest BCUT2D eigenvalue weighted by Crippen LogP contribution is -2.33. The Labute approximate surface area is 314 Å². The molecule has 54 heavy (non-hydrogen) atoms. The van der Waals surface area contributed by atoms with E-state index in [1.165, 1.54) is 33.4 Å². The first-order valence-corrected chi connectivity index (χ1v) is 18.7. The first kappa shape index (κ1) is 30.8. The van der Waals surface area contributed by atoms with Crippen LogP contribution in [0.15, 0.2) is 188 Å². The van der Waals surface area contributed by atoms with Crippen molar-refractivity contribution < 1.29 is 4.74 Å². The Hall–Kier alpha value is -6.84. The highest BCUT2D eigenvalue weighted by Gasteiger charge is 2.52. The van der Waals surface area contributed by atoms with Crippen molar-refractivity contribution in [2.75, 3.05) is 0 Å². The van der Waals surface area contributed by atoms with Crippen molar-refractivity contribution >= 4 is 16.3 Å². The third-order valence-corrected chi connectivity index (χ3v) is 11.5. The van der Waals surface area contributed by atoms with Gasteiger partial charge in [0.15, 0.2) is 5.82 Å². The van der Waals surface area contributed by atoms with Gasteiger partial charge in [0.05, 0.1) is 16.8 Å². The summed E-state index contributed by atoms with van der Waals surface area (Å²) >= 11 is 0. The van der Waals surface area contributed by atoms with Crippen LogP contribution in [0.3, 0.4) is 0 Å². The number of para-hydroxylation sites is 2. The number of hydrogen-bond donors (Lipinski definition) is 0. The predicted octanol–water partition coefficient (Wildman–Crippen LogP) is 12.9. The molecule has 0 fully saturated rings. The topological polar surface area (TPSA) is 35.0 Å². The summed E-state index contributed by atoms with van der Waals surface area (Å²) in [6.07, 6.45) is 6.67. The van der Waals surface area contributed by atoms with Crippen LogP contribution in [0.2, 0.25) is 0 Å². The Bertz CT molecular complexity index is 2800. The summed E-state index contributed by atoms with van der Waals surface area (Å²) in [5.74, 6) is 2.46. The smallest absolute Gasteiger partial charge is 0.161 e. The number of aromatic nitrogens is 2. The van der Waals surface area contributed by atoms with Crippen molar-refractivity contribution in [3.8, 4) is 56.5 Å². The Morgan fingerprint density at radius 1 is 0.519 bits per heavy atom. The van der Waals surface area contributed by atoms with E-state index >= 15 is 0 Å². The maximum atomic E-state index is 7.15. The number of rotatable bonds is 4. The van der Waals surface area contributed by atoms with Crippen LogP contribution in [0.25, 0.3) is 61.4 Å². The molecule has 0 bridgehead atoms. The average Bonchev–Trinajstić information content (AvgIpc) is 3.54. The lowest BCUT2D eigenvalue weighted by Gasteiger charge is -2.41. The van der Waals surface area contributed by atoms with Gasteiger partial charge in [-0.05, 0) is 63.6 Å². The molecule has 3 nitrogen and oxygen atoms in total. The van der Waals surface area contributed by atoms with Crippen molar-refractivity contribution in [2.45, 2.75) is 18.3 Å². The third-order valence-electron chi connectivity index (χ3n) is 11.5. The summed E-state index contributed by atoms with van der Waals surface area (Å²) in [5, 5.41) is 2.23. The zero-order valence-electron chi connectivity index (χ0n) is 29.5. The fourth-order valence-corrected chi connectivity index (χ4v) is 9.21. The molecule has 254 valence electrons. The highest BCUT2D eigenvalue weighted by Crippen LogP contribution is 2.64. The molecule has 1 aliphatic heterocycles. The summed E-state index contributed by atoms with van der Waals surface area (Å²) in [5.41, 5.74) is 14.2. The second-order valence-electron chi connectivity index (χ2n) is 14.3. The minimum Gasteiger partial charge on any atom is -0.456 e. The van der Waals surface area contributed by atoms with Crippen LogP contribution in [0.1, 0.15) is 35.1 Å². The van der Waals surface area contributed by atoms with Gasteiger partial charge in [-0.1, -0.05) is 170 Å². The minimum absolute atomic E-state index is 0.474. The van der Waals surface area contributed by atoms with Crippen molar-refractivity contribution in [1.82, 2.24) is 9.97 Å². The van der Waals surface area contributed by atoms with Crippen LogP contribution < -0.4 is 4.74 Å². The van der Waals surface area contributed by atoms with Gasteiger partial charge in [-0.15, -0.1) is 0 Å². The number of allylic oxidation sites excluding steroid dienone is 4. The fourth-order valence-electron chi connectivity index (χ4n) is 9.21. The second kappa shape index (κ2) is 12.1. The van der Waals surface area contributed by atoms with Gasteiger partial charge in [0.1, 0.15) is 11.5 Å². The van der Waals surface area contributed by atoms with Gasteiger partial charge in [-0.3, -0.25) is 0 Å². The van der Waals surface area contributed by atoms with E-state index in [2.05, 4.69) is 170 Å². The monoisotopic (exact) mass is 690 g/mol. The van der Waals surface area contributed by atoms with Crippen LogP contribution in [0, 0.1) is 0 Å². The van der Waals surface area contributed by atoms with Gasteiger partial charge in [0.2, 0.25) is 0 Å². The molecule has 1 unspecified atom stereocenters. The quantitative estimate of drug-likeness (QED) is 0.184. The molecule has 2 aliphatic carbocycles. The Morgan fingerprint density at radius 2 is 1.17 bits per heavy atom. The highest BCUT2D eigenvalue weighted by molar-refractivity contribution is 6.04. The molecule has 7 aromatic carbocycles. The van der Waals surface area contributed by atoms with E-state index in [0.717, 1.165) is 74.3 Å². The molecular formula is C51H34N2O. The van der Waals surface area contributed by atoms with Crippen molar-refractivity contribution in [2.24, 2.45) is 0 Å². The molecule has 0 saturated heterocycles. The molecule has 0 saturated carbocycles. The van der Waals surface area contributed by atoms with E-state index in [4.69, 9.17) is 14.7 Å². The molecule has 3 heteroatoms. The maximum Gasteiger partial charge on any atom is 0.161 e. The van der Waals surface area contributed by atoms with Gasteiger partial charge in [-0.25, -0.2) is 9.97 Å². The maximum absolute atomic E-state index is 7.15. The minimum atomic E-state index is -0.474. The van der Waals surface area contributed by atoms with Crippen LogP contribution in [0.4, 0.5) is 0 Å². The lowest BCUT2D eigenvalue weighted by atomic mass is 9.63. The molecular weight excluding hydrogens is 657 g/mol. The third kappa shape index (κ3) is 4.48. The molecule has 0 radical (unpaired) electrons. The zero-order chi connectivity index (χ0) is 35.6. The predicted molar refractivity (Wildman–Crippen MR) is 219 cm³/mol. The summed E-state index contributed by atoms with van der Waals surface area (Å²) in [4.78, 5) is 10.7. The molecule has 0 N–H and O–H groups in total. The van der Waals surface area contributed by atoms with E-state index in [9.17, 15) is 0 Å². The molecule has 1 spiro atoms. The Kier molecular flexibility index (Phi) is 6.90. The number of benzene rings is 7. The number of nitrogens with zero attached hydrogens (tertiary/aromatic N) is 2. The SMILES string of the molecule is C1=CC2=C(CC1)C1(c3ccccc3Oc3c(-c4ccc5ccccc5c4-c4nc(-c5ccccc5)cc(-c5ccccc5)n4)cccc31)c1ccccc12. The molecule has 0 amide bonds. The van der Waals surface area contributed by atoms with Gasteiger partial charge in [-0.2, -0.15) is 0 Å². The number of hydrogen-bond acceptors (Lipinski definition) is 3. The fraction of sp³-hybridized carbons (Fsp3) is 0.0588. The van der Waals surface area contributed by atoms with E-state index in [1.807, 2.05) is 12.1 Å². The number of ether oxygens (including phenoxy) is 1. The van der Waals surface area contributed by atoms with Gasteiger partial charge in [0.25, 0.3) is 0 Å². The Balaban J connectivity index is 1.22. The zero-order valence-corrected chi connectivity index (χ0v) is 29.5.